The van der Waals surface area contributed by atoms with Gasteiger partial charge in [-0.2, -0.15) is 10.1 Å². The van der Waals surface area contributed by atoms with E-state index in [9.17, 15) is 19.7 Å². The predicted octanol–water partition coefficient (Wildman–Crippen LogP) is 1.75. The topological polar surface area (TPSA) is 102 Å². The number of amides is 2. The van der Waals surface area contributed by atoms with Crippen LogP contribution >= 0.6 is 0 Å². The number of imide groups is 1. The monoisotopic (exact) mass is 365 g/mol. The van der Waals surface area contributed by atoms with E-state index in [1.807, 2.05) is 12.2 Å². The van der Waals surface area contributed by atoms with Crippen molar-refractivity contribution in [3.8, 4) is 18.1 Å². The number of nitro groups is 1. The fourth-order valence-corrected chi connectivity index (χ4v) is 4.12. The quantitative estimate of drug-likeness (QED) is 0.198. The van der Waals surface area contributed by atoms with Gasteiger partial charge in [0.05, 0.1) is 23.0 Å². The summed E-state index contributed by atoms with van der Waals surface area (Å²) in [4.78, 5) is 35.7. The Morgan fingerprint density at radius 1 is 1.30 bits per heavy atom. The molecule has 1 aliphatic heterocycles. The standard InChI is InChI=1S/C19H15N3O5/c1-2-7-27-15-6-5-14(22(25)26)9-13(15)10-20-21-18(23)16-11-3-4-12(8-11)17(16)19(21)24/h1,3-6,9-12,16-17H,7-8H2/b20-10-/t11-,12-,16-,17+/m0/s1. The SMILES string of the molecule is C#CCOc1ccc([N+](=O)[O-])cc1/C=N\N1C(=O)[C@@H]2[C@H](C1=O)[C@H]1C=C[C@H]2C1. The molecule has 2 bridgehead atoms. The van der Waals surface area contributed by atoms with Crippen molar-refractivity contribution >= 4 is 23.7 Å². The van der Waals surface area contributed by atoms with Gasteiger partial charge in [-0.3, -0.25) is 19.7 Å². The number of ether oxygens (including phenoxy) is 1. The van der Waals surface area contributed by atoms with E-state index >= 15 is 0 Å². The first kappa shape index (κ1) is 17.0. The highest BCUT2D eigenvalue weighted by molar-refractivity contribution is 6.07. The van der Waals surface area contributed by atoms with Crippen LogP contribution in [0.5, 0.6) is 5.75 Å². The highest BCUT2D eigenvalue weighted by Gasteiger charge is 2.59. The number of hydrogen-bond acceptors (Lipinski definition) is 6. The molecule has 0 aromatic heterocycles. The number of hydrogen-bond donors (Lipinski definition) is 0. The Kier molecular flexibility index (Phi) is 4.00. The Morgan fingerprint density at radius 3 is 2.56 bits per heavy atom. The Labute approximate surface area is 154 Å². The first-order chi connectivity index (χ1) is 13.0. The second kappa shape index (κ2) is 6.36. The molecule has 1 saturated carbocycles. The van der Waals surface area contributed by atoms with Gasteiger partial charge >= 0.3 is 0 Å². The molecule has 1 saturated heterocycles. The minimum atomic E-state index is -0.553. The van der Waals surface area contributed by atoms with Crippen LogP contribution in [-0.2, 0) is 9.59 Å². The summed E-state index contributed by atoms with van der Waals surface area (Å²) in [5, 5.41) is 15.9. The van der Waals surface area contributed by atoms with Crippen LogP contribution in [0.25, 0.3) is 0 Å². The summed E-state index contributed by atoms with van der Waals surface area (Å²) in [6.45, 7) is -0.0284. The van der Waals surface area contributed by atoms with Gasteiger partial charge in [0.2, 0.25) is 0 Å². The van der Waals surface area contributed by atoms with Crippen LogP contribution in [0, 0.1) is 46.1 Å². The molecule has 1 aromatic carbocycles. The van der Waals surface area contributed by atoms with Crippen molar-refractivity contribution < 1.29 is 19.2 Å². The first-order valence-corrected chi connectivity index (χ1v) is 8.46. The number of carbonyl (C=O) groups excluding carboxylic acids is 2. The molecule has 4 rings (SSSR count). The summed E-state index contributed by atoms with van der Waals surface area (Å²) in [5.41, 5.74) is 0.0981. The highest BCUT2D eigenvalue weighted by atomic mass is 16.6. The zero-order chi connectivity index (χ0) is 19.1. The minimum absolute atomic E-state index is 0.0284. The molecular weight excluding hydrogens is 350 g/mol. The number of benzene rings is 1. The number of allylic oxidation sites excluding steroid dienone is 2. The average molecular weight is 365 g/mol. The van der Waals surface area contributed by atoms with Crippen LogP contribution in [0.3, 0.4) is 0 Å². The predicted molar refractivity (Wildman–Crippen MR) is 94.6 cm³/mol. The third-order valence-corrected chi connectivity index (χ3v) is 5.27. The van der Waals surface area contributed by atoms with Crippen molar-refractivity contribution in [3.63, 3.8) is 0 Å². The van der Waals surface area contributed by atoms with Crippen LogP contribution in [-0.4, -0.2) is 34.6 Å². The summed E-state index contributed by atoms with van der Waals surface area (Å²) < 4.78 is 5.36. The fraction of sp³-hybridized carbons (Fsp3) is 0.316. The summed E-state index contributed by atoms with van der Waals surface area (Å²) in [7, 11) is 0. The number of nitro benzene ring substituents is 1. The van der Waals surface area contributed by atoms with Gasteiger partial charge in [0, 0.05) is 17.7 Å². The lowest BCUT2D eigenvalue weighted by atomic mass is 9.85. The summed E-state index contributed by atoms with van der Waals surface area (Å²) in [5.74, 6) is 1.41. The zero-order valence-electron chi connectivity index (χ0n) is 14.1. The lowest BCUT2D eigenvalue weighted by molar-refractivity contribution is -0.384. The second-order valence-corrected chi connectivity index (χ2v) is 6.70. The molecule has 4 atom stereocenters. The lowest BCUT2D eigenvalue weighted by Crippen LogP contribution is -2.28. The maximum Gasteiger partial charge on any atom is 0.270 e. The molecular formula is C19H15N3O5. The number of fused-ring (bicyclic) bond motifs is 5. The van der Waals surface area contributed by atoms with Crippen LogP contribution in [0.15, 0.2) is 35.5 Å². The van der Waals surface area contributed by atoms with Crippen molar-refractivity contribution in [2.75, 3.05) is 6.61 Å². The third kappa shape index (κ3) is 2.68. The molecule has 2 amide bonds. The average Bonchev–Trinajstić information content (AvgIpc) is 3.33. The van der Waals surface area contributed by atoms with E-state index in [0.29, 0.717) is 0 Å². The molecule has 0 spiro atoms. The van der Waals surface area contributed by atoms with Gasteiger partial charge in [-0.15, -0.1) is 6.42 Å². The number of non-ortho nitro benzene ring substituents is 1. The van der Waals surface area contributed by atoms with Gasteiger partial charge in [-0.1, -0.05) is 18.1 Å². The number of nitrogens with zero attached hydrogens (tertiary/aromatic N) is 3. The number of terminal acetylenes is 1. The van der Waals surface area contributed by atoms with Gasteiger partial charge in [-0.25, -0.2) is 0 Å². The zero-order valence-corrected chi connectivity index (χ0v) is 14.1. The third-order valence-electron chi connectivity index (χ3n) is 5.27. The maximum atomic E-state index is 12.6. The Balaban J connectivity index is 1.62. The molecule has 1 heterocycles. The maximum absolute atomic E-state index is 12.6. The van der Waals surface area contributed by atoms with Crippen molar-refractivity contribution in [3.05, 3.63) is 46.0 Å². The number of carbonyl (C=O) groups is 2. The van der Waals surface area contributed by atoms with E-state index in [0.717, 1.165) is 11.4 Å². The lowest BCUT2D eigenvalue weighted by Gasteiger charge is -2.13. The molecule has 2 aliphatic carbocycles. The molecule has 1 aromatic rings. The van der Waals surface area contributed by atoms with Crippen molar-refractivity contribution in [1.82, 2.24) is 5.01 Å². The summed E-state index contributed by atoms with van der Waals surface area (Å²) in [6.07, 6.45) is 11.2. The van der Waals surface area contributed by atoms with E-state index < -0.39 is 4.92 Å². The molecule has 8 nitrogen and oxygen atoms in total. The molecule has 0 N–H and O–H groups in total. The normalized spacial score (nSPS) is 28.0. The van der Waals surface area contributed by atoms with Gasteiger partial charge in [0.15, 0.2) is 0 Å². The number of rotatable bonds is 5. The van der Waals surface area contributed by atoms with Crippen molar-refractivity contribution in [2.24, 2.45) is 28.8 Å². The fourth-order valence-electron chi connectivity index (χ4n) is 4.12. The molecule has 3 aliphatic rings. The highest BCUT2D eigenvalue weighted by Crippen LogP contribution is 2.52. The van der Waals surface area contributed by atoms with E-state index in [1.54, 1.807) is 0 Å². The van der Waals surface area contributed by atoms with Crippen LogP contribution in [0.4, 0.5) is 5.69 Å². The summed E-state index contributed by atoms with van der Waals surface area (Å²) in [6, 6.07) is 3.94. The molecule has 27 heavy (non-hydrogen) atoms. The van der Waals surface area contributed by atoms with Crippen LogP contribution in [0.1, 0.15) is 12.0 Å². The Hall–Kier alpha value is -3.47. The van der Waals surface area contributed by atoms with Crippen molar-refractivity contribution in [1.29, 1.82) is 0 Å². The Bertz CT molecular complexity index is 915. The van der Waals surface area contributed by atoms with Crippen LogP contribution < -0.4 is 4.74 Å². The molecule has 136 valence electrons. The van der Waals surface area contributed by atoms with Gasteiger partial charge < -0.3 is 4.74 Å². The van der Waals surface area contributed by atoms with Gasteiger partial charge in [0.25, 0.3) is 17.5 Å². The molecule has 0 unspecified atom stereocenters. The number of hydrazone groups is 1. The molecule has 2 fully saturated rings. The minimum Gasteiger partial charge on any atom is -0.480 e. The Morgan fingerprint density at radius 2 is 1.96 bits per heavy atom. The molecule has 8 heteroatoms. The van der Waals surface area contributed by atoms with Gasteiger partial charge in [0.1, 0.15) is 12.4 Å². The van der Waals surface area contributed by atoms with Gasteiger partial charge in [-0.05, 0) is 24.3 Å². The summed E-state index contributed by atoms with van der Waals surface area (Å²) >= 11 is 0. The van der Waals surface area contributed by atoms with E-state index in [2.05, 4.69) is 11.0 Å². The van der Waals surface area contributed by atoms with E-state index in [4.69, 9.17) is 11.2 Å². The first-order valence-electron chi connectivity index (χ1n) is 8.46. The second-order valence-electron chi connectivity index (χ2n) is 6.70. The molecule has 0 radical (unpaired) electrons. The van der Waals surface area contributed by atoms with Crippen molar-refractivity contribution in [2.45, 2.75) is 6.42 Å². The van der Waals surface area contributed by atoms with Crippen LogP contribution in [0.2, 0.25) is 0 Å². The smallest absolute Gasteiger partial charge is 0.270 e. The largest absolute Gasteiger partial charge is 0.480 e. The van der Waals surface area contributed by atoms with E-state index in [-0.39, 0.29) is 59.1 Å². The van der Waals surface area contributed by atoms with E-state index in [1.165, 1.54) is 24.4 Å².